The average Bonchev–Trinajstić information content (AvgIpc) is 3.19. The first-order valence-corrected chi connectivity index (χ1v) is 12.0. The van der Waals surface area contributed by atoms with Crippen molar-refractivity contribution in [2.24, 2.45) is 11.8 Å². The van der Waals surface area contributed by atoms with E-state index in [-0.39, 0.29) is 11.0 Å². The van der Waals surface area contributed by atoms with Gasteiger partial charge in [-0.3, -0.25) is 0 Å². The summed E-state index contributed by atoms with van der Waals surface area (Å²) in [5.74, 6) is 1.34. The summed E-state index contributed by atoms with van der Waals surface area (Å²) < 4.78 is 0. The number of rotatable bonds is 6. The standard InChI is InChI=1S/C18H24.C13H14.2H2O/c1-5-17-16(10-11-18(17)13(2)3)12-15-8-6-14(4)7-9-15;1-2-6-11-8-5-9-12-7-3-4-10-13(11)12;;/h6-11,13,17H,5,12H2,1-4H3;3-5,7-10H,2,6H2,1H3;2*1H2. The highest BCUT2D eigenvalue weighted by molar-refractivity contribution is 5.85. The van der Waals surface area contributed by atoms with Gasteiger partial charge in [-0.25, -0.2) is 0 Å². The van der Waals surface area contributed by atoms with Gasteiger partial charge < -0.3 is 11.0 Å². The third kappa shape index (κ3) is 7.42. The van der Waals surface area contributed by atoms with Gasteiger partial charge in [0.25, 0.3) is 0 Å². The smallest absolute Gasteiger partial charge is 0.00164 e. The fourth-order valence-electron chi connectivity index (χ4n) is 4.65. The van der Waals surface area contributed by atoms with Crippen LogP contribution in [0.3, 0.4) is 0 Å². The van der Waals surface area contributed by atoms with Gasteiger partial charge in [-0.15, -0.1) is 0 Å². The average molecular weight is 447 g/mol. The summed E-state index contributed by atoms with van der Waals surface area (Å²) in [5.41, 5.74) is 7.45. The van der Waals surface area contributed by atoms with Crippen molar-refractivity contribution in [3.63, 3.8) is 0 Å². The predicted octanol–water partition coefficient (Wildman–Crippen LogP) is 7.23. The minimum absolute atomic E-state index is 0. The van der Waals surface area contributed by atoms with Crippen LogP contribution in [0.5, 0.6) is 0 Å². The molecular formula is C31H42O2. The Kier molecular flexibility index (Phi) is 11.8. The lowest BCUT2D eigenvalue weighted by atomic mass is 9.84. The summed E-state index contributed by atoms with van der Waals surface area (Å²) >= 11 is 0. The topological polar surface area (TPSA) is 63.0 Å². The van der Waals surface area contributed by atoms with Crippen LogP contribution in [-0.2, 0) is 12.8 Å². The number of aryl methyl sites for hydroxylation is 2. The van der Waals surface area contributed by atoms with Crippen molar-refractivity contribution in [2.45, 2.75) is 60.3 Å². The van der Waals surface area contributed by atoms with Crippen molar-refractivity contribution >= 4 is 10.8 Å². The Hall–Kier alpha value is -2.68. The minimum Gasteiger partial charge on any atom is -0.412 e. The number of benzene rings is 3. The van der Waals surface area contributed by atoms with Gasteiger partial charge in [0.05, 0.1) is 0 Å². The molecule has 3 aromatic rings. The van der Waals surface area contributed by atoms with Gasteiger partial charge in [0.2, 0.25) is 0 Å². The molecule has 0 radical (unpaired) electrons. The Balaban J connectivity index is 0.000000324. The lowest BCUT2D eigenvalue weighted by molar-refractivity contribution is 0.591. The summed E-state index contributed by atoms with van der Waals surface area (Å²) in [6, 6.07) is 24.1. The molecule has 0 saturated carbocycles. The van der Waals surface area contributed by atoms with Crippen molar-refractivity contribution < 1.29 is 11.0 Å². The lowest BCUT2D eigenvalue weighted by Crippen LogP contribution is -2.09. The Morgan fingerprint density at radius 3 is 2.09 bits per heavy atom. The summed E-state index contributed by atoms with van der Waals surface area (Å²) in [7, 11) is 0. The number of allylic oxidation sites excluding steroid dienone is 4. The summed E-state index contributed by atoms with van der Waals surface area (Å²) in [5, 5.41) is 2.76. The largest absolute Gasteiger partial charge is 0.412 e. The van der Waals surface area contributed by atoms with E-state index < -0.39 is 0 Å². The molecule has 0 fully saturated rings. The van der Waals surface area contributed by atoms with Gasteiger partial charge in [-0.05, 0) is 54.0 Å². The second-order valence-corrected chi connectivity index (χ2v) is 9.07. The molecule has 1 unspecified atom stereocenters. The molecule has 0 spiro atoms. The van der Waals surface area contributed by atoms with Gasteiger partial charge in [0, 0.05) is 5.92 Å². The first-order valence-electron chi connectivity index (χ1n) is 12.0. The Morgan fingerprint density at radius 2 is 1.45 bits per heavy atom. The number of hydrogen-bond acceptors (Lipinski definition) is 0. The fraction of sp³-hybridized carbons (Fsp3) is 0.355. The number of fused-ring (bicyclic) bond motifs is 1. The van der Waals surface area contributed by atoms with Crippen molar-refractivity contribution in [1.82, 2.24) is 0 Å². The van der Waals surface area contributed by atoms with E-state index in [2.05, 4.69) is 114 Å². The quantitative estimate of drug-likeness (QED) is 0.383. The summed E-state index contributed by atoms with van der Waals surface area (Å²) in [6.07, 6.45) is 9.42. The normalized spacial score (nSPS) is 14.5. The molecule has 0 amide bonds. The van der Waals surface area contributed by atoms with Gasteiger partial charge >= 0.3 is 0 Å². The van der Waals surface area contributed by atoms with E-state index in [9.17, 15) is 0 Å². The van der Waals surface area contributed by atoms with Crippen LogP contribution < -0.4 is 0 Å². The maximum atomic E-state index is 2.35. The van der Waals surface area contributed by atoms with E-state index >= 15 is 0 Å². The van der Waals surface area contributed by atoms with E-state index in [4.69, 9.17) is 0 Å². The third-order valence-electron chi connectivity index (χ3n) is 6.34. The van der Waals surface area contributed by atoms with Gasteiger partial charge in [0.15, 0.2) is 0 Å². The molecule has 2 heteroatoms. The molecule has 33 heavy (non-hydrogen) atoms. The molecule has 1 aliphatic carbocycles. The maximum Gasteiger partial charge on any atom is 0.00164 e. The zero-order chi connectivity index (χ0) is 22.2. The molecule has 1 aliphatic rings. The molecule has 3 aromatic carbocycles. The maximum absolute atomic E-state index is 2.35. The second-order valence-electron chi connectivity index (χ2n) is 9.07. The first-order chi connectivity index (χ1) is 15.0. The van der Waals surface area contributed by atoms with E-state index in [1.54, 1.807) is 11.1 Å². The molecule has 4 N–H and O–H groups in total. The van der Waals surface area contributed by atoms with Crippen molar-refractivity contribution in [3.05, 3.63) is 107 Å². The SMILES string of the molecule is CCC1C(Cc2ccc(C)cc2)=CC=C1C(C)C.CCCc1cccc2ccccc12.O.O. The molecule has 2 nitrogen and oxygen atoms in total. The first kappa shape index (κ1) is 28.4. The van der Waals surface area contributed by atoms with Crippen LogP contribution in [0.4, 0.5) is 0 Å². The molecule has 0 aliphatic heterocycles. The van der Waals surface area contributed by atoms with Crippen LogP contribution in [0.1, 0.15) is 57.2 Å². The number of hydrogen-bond donors (Lipinski definition) is 0. The molecule has 0 heterocycles. The molecular weight excluding hydrogens is 404 g/mol. The lowest BCUT2D eigenvalue weighted by Gasteiger charge is -2.20. The highest BCUT2D eigenvalue weighted by Crippen LogP contribution is 2.36. The predicted molar refractivity (Wildman–Crippen MR) is 145 cm³/mol. The van der Waals surface area contributed by atoms with Crippen LogP contribution >= 0.6 is 0 Å². The van der Waals surface area contributed by atoms with E-state index in [1.807, 2.05) is 0 Å². The van der Waals surface area contributed by atoms with Crippen molar-refractivity contribution in [1.29, 1.82) is 0 Å². The summed E-state index contributed by atoms with van der Waals surface area (Å²) in [4.78, 5) is 0. The van der Waals surface area contributed by atoms with E-state index in [0.29, 0.717) is 11.8 Å². The monoisotopic (exact) mass is 446 g/mol. The van der Waals surface area contributed by atoms with Crippen LogP contribution in [-0.4, -0.2) is 11.0 Å². The van der Waals surface area contributed by atoms with Crippen molar-refractivity contribution in [2.75, 3.05) is 0 Å². The molecule has 178 valence electrons. The van der Waals surface area contributed by atoms with E-state index in [0.717, 1.165) is 6.42 Å². The molecule has 0 bridgehead atoms. The second kappa shape index (κ2) is 13.8. The molecule has 0 saturated heterocycles. The highest BCUT2D eigenvalue weighted by atomic mass is 16.0. The van der Waals surface area contributed by atoms with Crippen LogP contribution in [0.15, 0.2) is 90.0 Å². The molecule has 4 rings (SSSR count). The Labute approximate surface area is 200 Å². The van der Waals surface area contributed by atoms with Crippen LogP contribution in [0.25, 0.3) is 10.8 Å². The highest BCUT2D eigenvalue weighted by Gasteiger charge is 2.23. The summed E-state index contributed by atoms with van der Waals surface area (Å²) in [6.45, 7) is 11.3. The Morgan fingerprint density at radius 1 is 0.788 bits per heavy atom. The Bertz CT molecular complexity index is 1040. The van der Waals surface area contributed by atoms with Crippen LogP contribution in [0, 0.1) is 18.8 Å². The van der Waals surface area contributed by atoms with Crippen molar-refractivity contribution in [3.8, 4) is 0 Å². The fourth-order valence-corrected chi connectivity index (χ4v) is 4.65. The van der Waals surface area contributed by atoms with Crippen LogP contribution in [0.2, 0.25) is 0 Å². The van der Waals surface area contributed by atoms with Gasteiger partial charge in [-0.1, -0.05) is 130 Å². The van der Waals surface area contributed by atoms with Gasteiger partial charge in [-0.2, -0.15) is 0 Å². The van der Waals surface area contributed by atoms with Gasteiger partial charge in [0.1, 0.15) is 0 Å². The third-order valence-corrected chi connectivity index (χ3v) is 6.34. The van der Waals surface area contributed by atoms with E-state index in [1.165, 1.54) is 46.7 Å². The molecule has 1 atom stereocenters. The zero-order valence-electron chi connectivity index (χ0n) is 21.0. The zero-order valence-corrected chi connectivity index (χ0v) is 21.0. The minimum atomic E-state index is 0. The molecule has 0 aromatic heterocycles.